The molecule has 0 aliphatic rings. The number of nitrogens with one attached hydrogen (secondary N) is 1. The fourth-order valence-corrected chi connectivity index (χ4v) is 2.61. The molecule has 0 aliphatic carbocycles. The molecule has 0 aromatic heterocycles. The van der Waals surface area contributed by atoms with Crippen molar-refractivity contribution in [3.8, 4) is 0 Å². The molecule has 0 fully saturated rings. The summed E-state index contributed by atoms with van der Waals surface area (Å²) in [6.45, 7) is 0. The third kappa shape index (κ3) is 3.67. The van der Waals surface area contributed by atoms with Crippen LogP contribution in [0.4, 0.5) is 18.9 Å². The number of para-hydroxylation sites is 1. The molecule has 0 heterocycles. The van der Waals surface area contributed by atoms with Crippen molar-refractivity contribution >= 4 is 21.4 Å². The third-order valence-corrected chi connectivity index (χ3v) is 4.65. The average Bonchev–Trinajstić information content (AvgIpc) is 2.54. The van der Waals surface area contributed by atoms with Crippen LogP contribution < -0.4 is 10.4 Å². The Balaban J connectivity index is 2.15. The Kier molecular flexibility index (Phi) is 4.83. The van der Waals surface area contributed by atoms with E-state index in [4.69, 9.17) is 0 Å². The maximum atomic E-state index is 12.5. The lowest BCUT2D eigenvalue weighted by atomic mass is 10.2. The molecule has 0 radical (unpaired) electrons. The molecule has 9 heteroatoms. The number of hydrogen-bond acceptors (Lipinski definition) is 4. The molecule has 0 unspecified atom stereocenters. The Morgan fingerprint density at radius 3 is 2.04 bits per heavy atom. The van der Waals surface area contributed by atoms with Crippen LogP contribution in [0.3, 0.4) is 0 Å². The highest BCUT2D eigenvalue weighted by molar-refractivity contribution is 7.92. The van der Waals surface area contributed by atoms with Gasteiger partial charge in [-0.15, -0.1) is 0 Å². The molecule has 2 rings (SSSR count). The lowest BCUT2D eigenvalue weighted by Gasteiger charge is -2.20. The van der Waals surface area contributed by atoms with Crippen LogP contribution in [0.5, 0.6) is 0 Å². The van der Waals surface area contributed by atoms with Crippen molar-refractivity contribution < 1.29 is 26.4 Å². The minimum atomic E-state index is -5.43. The second kappa shape index (κ2) is 6.52. The van der Waals surface area contributed by atoms with Crippen LogP contribution in [0, 0.1) is 0 Å². The predicted molar refractivity (Wildman–Crippen MR) is 82.0 cm³/mol. The fraction of sp³-hybridized carbons (Fsp3) is 0.133. The molecule has 2 aromatic carbocycles. The molecule has 0 spiro atoms. The maximum absolute atomic E-state index is 12.5. The fourth-order valence-electron chi connectivity index (χ4n) is 1.85. The number of hydrogen-bond donors (Lipinski definition) is 1. The quantitative estimate of drug-likeness (QED) is 0.854. The molecule has 0 aliphatic heterocycles. The number of amides is 1. The zero-order chi connectivity index (χ0) is 18.0. The molecule has 2 aromatic rings. The maximum Gasteiger partial charge on any atom is 0.501 e. The largest absolute Gasteiger partial charge is 0.501 e. The Bertz CT molecular complexity index is 819. The molecular formula is C15H13F3N2O3S. The van der Waals surface area contributed by atoms with E-state index in [2.05, 4.69) is 5.43 Å². The van der Waals surface area contributed by atoms with E-state index in [0.717, 1.165) is 24.3 Å². The van der Waals surface area contributed by atoms with Crippen LogP contribution >= 0.6 is 0 Å². The number of rotatable bonds is 4. The predicted octanol–water partition coefficient (Wildman–Crippen LogP) is 2.76. The van der Waals surface area contributed by atoms with Crippen LogP contribution in [0.1, 0.15) is 10.4 Å². The number of sulfone groups is 1. The second-order valence-electron chi connectivity index (χ2n) is 4.81. The van der Waals surface area contributed by atoms with E-state index in [0.29, 0.717) is 5.69 Å². The molecule has 0 saturated carbocycles. The summed E-state index contributed by atoms with van der Waals surface area (Å²) < 4.78 is 59.9. The van der Waals surface area contributed by atoms with Gasteiger partial charge in [0.15, 0.2) is 0 Å². The van der Waals surface area contributed by atoms with Crippen molar-refractivity contribution in [2.75, 3.05) is 12.1 Å². The lowest BCUT2D eigenvalue weighted by molar-refractivity contribution is -0.0436. The minimum Gasteiger partial charge on any atom is -0.288 e. The van der Waals surface area contributed by atoms with Crippen molar-refractivity contribution in [3.05, 3.63) is 60.2 Å². The van der Waals surface area contributed by atoms with Gasteiger partial charge in [-0.25, -0.2) is 8.42 Å². The highest BCUT2D eigenvalue weighted by atomic mass is 32.2. The summed E-state index contributed by atoms with van der Waals surface area (Å²) in [4.78, 5) is 11.1. The van der Waals surface area contributed by atoms with Crippen LogP contribution in [-0.4, -0.2) is 26.9 Å². The highest BCUT2D eigenvalue weighted by Gasteiger charge is 2.46. The van der Waals surface area contributed by atoms with Gasteiger partial charge in [-0.05, 0) is 36.4 Å². The summed E-state index contributed by atoms with van der Waals surface area (Å²) in [6.07, 6.45) is 0. The lowest BCUT2D eigenvalue weighted by Crippen LogP contribution is -2.39. The van der Waals surface area contributed by atoms with Crippen LogP contribution in [-0.2, 0) is 9.84 Å². The van der Waals surface area contributed by atoms with E-state index in [1.54, 1.807) is 37.4 Å². The first kappa shape index (κ1) is 17.8. The van der Waals surface area contributed by atoms with E-state index < -0.39 is 26.1 Å². The molecule has 1 N–H and O–H groups in total. The molecular weight excluding hydrogens is 345 g/mol. The van der Waals surface area contributed by atoms with E-state index in [9.17, 15) is 26.4 Å². The Morgan fingerprint density at radius 2 is 1.54 bits per heavy atom. The van der Waals surface area contributed by atoms with Gasteiger partial charge in [0.1, 0.15) is 0 Å². The first-order chi connectivity index (χ1) is 11.1. The number of anilines is 1. The standard InChI is InChI=1S/C15H13F3N2O3S/c1-20(12-5-3-2-4-6-12)19-14(21)11-7-9-13(10-8-11)24(22,23)15(16,17)18/h2-10H,1H3,(H,19,21). The summed E-state index contributed by atoms with van der Waals surface area (Å²) in [5, 5.41) is 1.43. The molecule has 0 saturated heterocycles. The van der Waals surface area contributed by atoms with Gasteiger partial charge >= 0.3 is 5.51 Å². The SMILES string of the molecule is CN(NC(=O)c1ccc(S(=O)(=O)C(F)(F)F)cc1)c1ccccc1. The monoisotopic (exact) mass is 358 g/mol. The van der Waals surface area contributed by atoms with Gasteiger partial charge in [0.05, 0.1) is 10.6 Å². The zero-order valence-electron chi connectivity index (χ0n) is 12.4. The smallest absolute Gasteiger partial charge is 0.288 e. The van der Waals surface area contributed by atoms with Gasteiger partial charge in [-0.3, -0.25) is 15.2 Å². The van der Waals surface area contributed by atoms with Crippen LogP contribution in [0.25, 0.3) is 0 Å². The van der Waals surface area contributed by atoms with Gasteiger partial charge in [-0.1, -0.05) is 18.2 Å². The molecule has 0 atom stereocenters. The number of carbonyl (C=O) groups is 1. The minimum absolute atomic E-state index is 0.0268. The van der Waals surface area contributed by atoms with Gasteiger partial charge in [-0.2, -0.15) is 13.2 Å². The molecule has 1 amide bonds. The molecule has 24 heavy (non-hydrogen) atoms. The van der Waals surface area contributed by atoms with E-state index in [1.807, 2.05) is 0 Å². The van der Waals surface area contributed by atoms with Crippen molar-refractivity contribution in [3.63, 3.8) is 0 Å². The second-order valence-corrected chi connectivity index (χ2v) is 6.75. The van der Waals surface area contributed by atoms with Gasteiger partial charge in [0.25, 0.3) is 15.7 Å². The Labute approximate surface area is 136 Å². The Morgan fingerprint density at radius 1 is 1.00 bits per heavy atom. The summed E-state index contributed by atoms with van der Waals surface area (Å²) in [7, 11) is -3.83. The zero-order valence-corrected chi connectivity index (χ0v) is 13.2. The van der Waals surface area contributed by atoms with Crippen molar-refractivity contribution in [2.45, 2.75) is 10.4 Å². The van der Waals surface area contributed by atoms with Crippen molar-refractivity contribution in [1.82, 2.24) is 5.43 Å². The number of benzene rings is 2. The van der Waals surface area contributed by atoms with Gasteiger partial charge in [0, 0.05) is 12.6 Å². The van der Waals surface area contributed by atoms with Crippen molar-refractivity contribution in [1.29, 1.82) is 0 Å². The summed E-state index contributed by atoms with van der Waals surface area (Å²) in [5.41, 5.74) is -2.14. The van der Waals surface area contributed by atoms with Crippen LogP contribution in [0.2, 0.25) is 0 Å². The number of nitrogens with zero attached hydrogens (tertiary/aromatic N) is 1. The average molecular weight is 358 g/mol. The number of carbonyl (C=O) groups excluding carboxylic acids is 1. The van der Waals surface area contributed by atoms with E-state index >= 15 is 0 Å². The molecule has 128 valence electrons. The summed E-state index contributed by atoms with van der Waals surface area (Å²) >= 11 is 0. The summed E-state index contributed by atoms with van der Waals surface area (Å²) in [6, 6.07) is 12.4. The Hall–Kier alpha value is -2.55. The molecule has 0 bridgehead atoms. The third-order valence-electron chi connectivity index (χ3n) is 3.14. The first-order valence-corrected chi connectivity index (χ1v) is 8.12. The topological polar surface area (TPSA) is 66.5 Å². The van der Waals surface area contributed by atoms with E-state index in [1.165, 1.54) is 5.01 Å². The van der Waals surface area contributed by atoms with Crippen LogP contribution in [0.15, 0.2) is 59.5 Å². The van der Waals surface area contributed by atoms with Crippen molar-refractivity contribution in [2.24, 2.45) is 0 Å². The summed E-state index contributed by atoms with van der Waals surface area (Å²) in [5.74, 6) is -0.586. The number of halogens is 3. The first-order valence-electron chi connectivity index (χ1n) is 6.64. The molecule has 5 nitrogen and oxygen atoms in total. The highest BCUT2D eigenvalue weighted by Crippen LogP contribution is 2.30. The normalized spacial score (nSPS) is 11.8. The number of alkyl halides is 3. The van der Waals surface area contributed by atoms with Gasteiger partial charge in [0.2, 0.25) is 0 Å². The number of hydrazine groups is 1. The van der Waals surface area contributed by atoms with E-state index in [-0.39, 0.29) is 5.56 Å². The van der Waals surface area contributed by atoms with Gasteiger partial charge < -0.3 is 0 Å².